The molecule has 26 heavy (non-hydrogen) atoms. The Kier molecular flexibility index (Phi) is 5.71. The van der Waals surface area contributed by atoms with Gasteiger partial charge in [-0.1, -0.05) is 6.07 Å². The molecule has 6 nitrogen and oxygen atoms in total. The number of nitrogens with zero attached hydrogens (tertiary/aromatic N) is 1. The van der Waals surface area contributed by atoms with Gasteiger partial charge in [0.25, 0.3) is 0 Å². The molecule has 0 heterocycles. The van der Waals surface area contributed by atoms with Gasteiger partial charge in [0.1, 0.15) is 17.2 Å². The van der Waals surface area contributed by atoms with E-state index in [1.54, 1.807) is 0 Å². The molecular weight excluding hydrogens is 368 g/mol. The fourth-order valence-electron chi connectivity index (χ4n) is 2.03. The highest BCUT2D eigenvalue weighted by atomic mass is 32.2. The molecule has 0 fully saturated rings. The number of ketones is 1. The maximum Gasteiger partial charge on any atom is 0.344 e. The van der Waals surface area contributed by atoms with Crippen molar-refractivity contribution in [3.8, 4) is 0 Å². The maximum absolute atomic E-state index is 13.5. The number of benzene rings is 2. The zero-order valence-corrected chi connectivity index (χ0v) is 14.7. The van der Waals surface area contributed by atoms with Gasteiger partial charge in [-0.3, -0.25) is 9.10 Å². The molecule has 0 saturated heterocycles. The number of halogens is 2. The number of esters is 1. The lowest BCUT2D eigenvalue weighted by molar-refractivity contribution is 0.0465. The van der Waals surface area contributed by atoms with Gasteiger partial charge in [0.2, 0.25) is 10.0 Å². The number of ether oxygens (including phenoxy) is 1. The lowest BCUT2D eigenvalue weighted by Gasteiger charge is -2.16. The summed E-state index contributed by atoms with van der Waals surface area (Å²) in [6.07, 6.45) is 1.04. The van der Waals surface area contributed by atoms with Crippen LogP contribution in [0.3, 0.4) is 0 Å². The second kappa shape index (κ2) is 7.61. The summed E-state index contributed by atoms with van der Waals surface area (Å²) in [6, 6.07) is 8.44. The van der Waals surface area contributed by atoms with Gasteiger partial charge in [-0.25, -0.2) is 22.0 Å². The van der Waals surface area contributed by atoms with Gasteiger partial charge in [0.05, 0.1) is 11.9 Å². The first kappa shape index (κ1) is 19.5. The predicted octanol–water partition coefficient (Wildman–Crippen LogP) is 2.40. The molecule has 9 heteroatoms. The molecule has 138 valence electrons. The molecule has 0 radical (unpaired) electrons. The third-order valence-electron chi connectivity index (χ3n) is 3.55. The van der Waals surface area contributed by atoms with Gasteiger partial charge < -0.3 is 4.74 Å². The zero-order valence-electron chi connectivity index (χ0n) is 13.9. The largest absolute Gasteiger partial charge is 0.454 e. The molecule has 2 aromatic carbocycles. The molecule has 0 atom stereocenters. The van der Waals surface area contributed by atoms with Crippen molar-refractivity contribution in [1.29, 1.82) is 0 Å². The number of Topliss-reactive ketones (excluding diaryl/α,β-unsaturated/α-hetero) is 1. The second-order valence-electron chi connectivity index (χ2n) is 5.37. The highest BCUT2D eigenvalue weighted by molar-refractivity contribution is 7.92. The number of rotatable bonds is 6. The lowest BCUT2D eigenvalue weighted by atomic mass is 10.1. The van der Waals surface area contributed by atoms with Crippen LogP contribution >= 0.6 is 0 Å². The van der Waals surface area contributed by atoms with Crippen LogP contribution in [0.25, 0.3) is 0 Å². The summed E-state index contributed by atoms with van der Waals surface area (Å²) in [5.41, 5.74) is -0.377. The van der Waals surface area contributed by atoms with Gasteiger partial charge in [-0.15, -0.1) is 0 Å². The van der Waals surface area contributed by atoms with Crippen LogP contribution in [0.1, 0.15) is 20.7 Å². The van der Waals surface area contributed by atoms with Crippen LogP contribution in [-0.4, -0.2) is 40.1 Å². The average Bonchev–Trinajstić information content (AvgIpc) is 2.58. The molecule has 0 aromatic heterocycles. The van der Waals surface area contributed by atoms with Crippen LogP contribution in [0.5, 0.6) is 0 Å². The number of hydrogen-bond donors (Lipinski definition) is 0. The molecule has 0 bridgehead atoms. The Morgan fingerprint density at radius 3 is 2.08 bits per heavy atom. The summed E-state index contributed by atoms with van der Waals surface area (Å²) in [5, 5.41) is 0. The first-order valence-corrected chi connectivity index (χ1v) is 9.14. The van der Waals surface area contributed by atoms with E-state index in [-0.39, 0.29) is 5.56 Å². The number of carbonyl (C=O) groups excluding carboxylic acids is 2. The molecule has 0 spiro atoms. The smallest absolute Gasteiger partial charge is 0.344 e. The van der Waals surface area contributed by atoms with E-state index >= 15 is 0 Å². The molecule has 2 rings (SSSR count). The Bertz CT molecular complexity index is 922. The number of carbonyl (C=O) groups is 2. The predicted molar refractivity (Wildman–Crippen MR) is 90.7 cm³/mol. The van der Waals surface area contributed by atoms with Crippen molar-refractivity contribution < 1.29 is 31.5 Å². The Morgan fingerprint density at radius 1 is 1.04 bits per heavy atom. The Balaban J connectivity index is 2.05. The second-order valence-corrected chi connectivity index (χ2v) is 7.39. The van der Waals surface area contributed by atoms with E-state index in [0.717, 1.165) is 28.8 Å². The van der Waals surface area contributed by atoms with Crippen molar-refractivity contribution in [2.24, 2.45) is 0 Å². The molecule has 2 aromatic rings. The van der Waals surface area contributed by atoms with Crippen molar-refractivity contribution >= 4 is 27.5 Å². The topological polar surface area (TPSA) is 80.8 Å². The van der Waals surface area contributed by atoms with E-state index in [0.29, 0.717) is 5.69 Å². The van der Waals surface area contributed by atoms with Crippen LogP contribution in [0.2, 0.25) is 0 Å². The van der Waals surface area contributed by atoms with Crippen LogP contribution in [-0.2, 0) is 14.8 Å². The summed E-state index contributed by atoms with van der Waals surface area (Å²) in [6.45, 7) is -0.714. The van der Waals surface area contributed by atoms with Crippen LogP contribution < -0.4 is 4.31 Å². The minimum absolute atomic E-state index is 0.150. The van der Waals surface area contributed by atoms with E-state index in [4.69, 9.17) is 0 Å². The van der Waals surface area contributed by atoms with Crippen LogP contribution in [0.15, 0.2) is 42.5 Å². The standard InChI is InChI=1S/C17H15F2NO5S/c1-20(26(2,23)24)12-8-6-11(7-9-12)15(21)10-25-17(22)16-13(18)4-3-5-14(16)19/h3-9H,10H2,1-2H3. The lowest BCUT2D eigenvalue weighted by Crippen LogP contribution is -2.24. The SMILES string of the molecule is CN(c1ccc(C(=O)COC(=O)c2c(F)cccc2F)cc1)S(C)(=O)=O. The van der Waals surface area contributed by atoms with E-state index in [2.05, 4.69) is 4.74 Å². The third-order valence-corrected chi connectivity index (χ3v) is 4.76. The first-order valence-electron chi connectivity index (χ1n) is 7.29. The minimum Gasteiger partial charge on any atom is -0.454 e. The van der Waals surface area contributed by atoms with Crippen molar-refractivity contribution in [3.05, 3.63) is 65.2 Å². The fraction of sp³-hybridized carbons (Fsp3) is 0.176. The average molecular weight is 383 g/mol. The van der Waals surface area contributed by atoms with Gasteiger partial charge in [-0.05, 0) is 36.4 Å². The zero-order chi connectivity index (χ0) is 19.5. The molecular formula is C17H15F2NO5S. The number of anilines is 1. The van der Waals surface area contributed by atoms with Gasteiger partial charge >= 0.3 is 5.97 Å². The first-order chi connectivity index (χ1) is 12.1. The Hall–Kier alpha value is -2.81. The summed E-state index contributed by atoms with van der Waals surface area (Å²) in [4.78, 5) is 23.8. The number of sulfonamides is 1. The van der Waals surface area contributed by atoms with Gasteiger partial charge in [-0.2, -0.15) is 0 Å². The van der Waals surface area contributed by atoms with Crippen LogP contribution in [0.4, 0.5) is 14.5 Å². The molecule has 0 aliphatic rings. The van der Waals surface area contributed by atoms with E-state index < -0.39 is 45.6 Å². The van der Waals surface area contributed by atoms with Crippen molar-refractivity contribution in [2.75, 3.05) is 24.2 Å². The monoisotopic (exact) mass is 383 g/mol. The maximum atomic E-state index is 13.5. The van der Waals surface area contributed by atoms with E-state index in [9.17, 15) is 26.8 Å². The van der Waals surface area contributed by atoms with Crippen molar-refractivity contribution in [3.63, 3.8) is 0 Å². The number of hydrogen-bond acceptors (Lipinski definition) is 5. The summed E-state index contributed by atoms with van der Waals surface area (Å²) in [7, 11) is -2.08. The molecule has 0 amide bonds. The Morgan fingerprint density at radius 2 is 1.58 bits per heavy atom. The summed E-state index contributed by atoms with van der Waals surface area (Å²) < 4.78 is 55.6. The highest BCUT2D eigenvalue weighted by Crippen LogP contribution is 2.17. The highest BCUT2D eigenvalue weighted by Gasteiger charge is 2.20. The van der Waals surface area contributed by atoms with Crippen molar-refractivity contribution in [2.45, 2.75) is 0 Å². The summed E-state index contributed by atoms with van der Waals surface area (Å²) in [5.74, 6) is -4.07. The minimum atomic E-state index is -3.44. The molecule has 0 N–H and O–H groups in total. The van der Waals surface area contributed by atoms with E-state index in [1.165, 1.54) is 31.3 Å². The molecule has 0 saturated carbocycles. The summed E-state index contributed by atoms with van der Waals surface area (Å²) >= 11 is 0. The molecule has 0 aliphatic carbocycles. The normalized spacial score (nSPS) is 11.1. The van der Waals surface area contributed by atoms with E-state index in [1.807, 2.05) is 0 Å². The van der Waals surface area contributed by atoms with Crippen molar-refractivity contribution in [1.82, 2.24) is 0 Å². The molecule has 0 unspecified atom stereocenters. The molecule has 0 aliphatic heterocycles. The van der Waals surface area contributed by atoms with Gasteiger partial charge in [0.15, 0.2) is 12.4 Å². The fourth-order valence-corrected chi connectivity index (χ4v) is 2.53. The van der Waals surface area contributed by atoms with Crippen LogP contribution in [0, 0.1) is 11.6 Å². The quantitative estimate of drug-likeness (QED) is 0.565. The third kappa shape index (κ3) is 4.42. The van der Waals surface area contributed by atoms with Gasteiger partial charge in [0, 0.05) is 12.6 Å². The Labute approximate surface area is 149 Å².